The van der Waals surface area contributed by atoms with Crippen molar-refractivity contribution in [1.82, 2.24) is 0 Å². The second kappa shape index (κ2) is 7.55. The van der Waals surface area contributed by atoms with Gasteiger partial charge >= 0.3 is 5.97 Å². The second-order valence-corrected chi connectivity index (χ2v) is 2.54. The molecular formula is C10H16O3. The van der Waals surface area contributed by atoms with E-state index in [9.17, 15) is 9.90 Å². The van der Waals surface area contributed by atoms with Crippen molar-refractivity contribution in [2.75, 3.05) is 6.61 Å². The number of carbonyl (C=O) groups excluding carboxylic acids is 1. The van der Waals surface area contributed by atoms with Crippen molar-refractivity contribution in [2.45, 2.75) is 25.9 Å². The van der Waals surface area contributed by atoms with Crippen molar-refractivity contribution in [3.63, 3.8) is 0 Å². The van der Waals surface area contributed by atoms with Gasteiger partial charge < -0.3 is 9.84 Å². The molecule has 0 spiro atoms. The summed E-state index contributed by atoms with van der Waals surface area (Å²) in [5.41, 5.74) is 0. The average molecular weight is 184 g/mol. The number of rotatable bonds is 6. The minimum absolute atomic E-state index is 0.353. The molecule has 3 nitrogen and oxygen atoms in total. The number of hydrogen-bond donors (Lipinski definition) is 1. The number of allylic oxidation sites excluding steroid dienone is 1. The Balaban J connectivity index is 3.68. The highest BCUT2D eigenvalue weighted by atomic mass is 16.5. The van der Waals surface area contributed by atoms with Gasteiger partial charge in [-0.1, -0.05) is 6.08 Å². The molecule has 13 heavy (non-hydrogen) atoms. The first kappa shape index (κ1) is 11.9. The summed E-state index contributed by atoms with van der Waals surface area (Å²) in [7, 11) is 0. The lowest BCUT2D eigenvalue weighted by Crippen LogP contribution is -2.04. The van der Waals surface area contributed by atoms with Gasteiger partial charge in [0.1, 0.15) is 0 Å². The monoisotopic (exact) mass is 184 g/mol. The number of carbonyl (C=O) groups is 1. The summed E-state index contributed by atoms with van der Waals surface area (Å²) in [6, 6.07) is 0. The molecule has 0 fully saturated rings. The van der Waals surface area contributed by atoms with Gasteiger partial charge in [0.15, 0.2) is 0 Å². The van der Waals surface area contributed by atoms with Crippen LogP contribution in [-0.2, 0) is 9.53 Å². The van der Waals surface area contributed by atoms with Crippen LogP contribution < -0.4 is 0 Å². The van der Waals surface area contributed by atoms with Gasteiger partial charge in [0.25, 0.3) is 0 Å². The number of aliphatic hydroxyl groups is 1. The Morgan fingerprint density at radius 1 is 1.69 bits per heavy atom. The Hall–Kier alpha value is -1.09. The minimum Gasteiger partial charge on any atom is -0.463 e. The van der Waals surface area contributed by atoms with Crippen molar-refractivity contribution in [3.05, 3.63) is 24.8 Å². The van der Waals surface area contributed by atoms with E-state index in [1.165, 1.54) is 12.2 Å². The molecule has 0 aromatic heterocycles. The van der Waals surface area contributed by atoms with E-state index in [2.05, 4.69) is 11.3 Å². The van der Waals surface area contributed by atoms with Crippen LogP contribution in [0.5, 0.6) is 0 Å². The molecule has 0 aliphatic rings. The zero-order chi connectivity index (χ0) is 10.1. The second-order valence-electron chi connectivity index (χ2n) is 2.54. The van der Waals surface area contributed by atoms with E-state index in [-0.39, 0.29) is 0 Å². The van der Waals surface area contributed by atoms with Gasteiger partial charge in [0.05, 0.1) is 12.7 Å². The van der Waals surface area contributed by atoms with E-state index in [1.54, 1.807) is 13.0 Å². The Labute approximate surface area is 78.7 Å². The van der Waals surface area contributed by atoms with Crippen LogP contribution in [0.1, 0.15) is 19.8 Å². The first-order valence-electron chi connectivity index (χ1n) is 4.34. The molecule has 0 radical (unpaired) electrons. The van der Waals surface area contributed by atoms with Crippen LogP contribution in [0.2, 0.25) is 0 Å². The SMILES string of the molecule is C=CCC[C@@H](O)/C=C/C(=O)OCC. The van der Waals surface area contributed by atoms with E-state index in [0.717, 1.165) is 6.42 Å². The third-order valence-electron chi connectivity index (χ3n) is 1.41. The van der Waals surface area contributed by atoms with Crippen LogP contribution in [0, 0.1) is 0 Å². The molecule has 0 aliphatic heterocycles. The van der Waals surface area contributed by atoms with Crippen LogP contribution in [0.4, 0.5) is 0 Å². The summed E-state index contributed by atoms with van der Waals surface area (Å²) in [5, 5.41) is 9.26. The molecule has 3 heteroatoms. The van der Waals surface area contributed by atoms with Crippen molar-refractivity contribution in [1.29, 1.82) is 0 Å². The lowest BCUT2D eigenvalue weighted by molar-refractivity contribution is -0.137. The van der Waals surface area contributed by atoms with Crippen molar-refractivity contribution in [2.24, 2.45) is 0 Å². The van der Waals surface area contributed by atoms with Crippen molar-refractivity contribution >= 4 is 5.97 Å². The molecule has 0 rings (SSSR count). The lowest BCUT2D eigenvalue weighted by Gasteiger charge is -2.01. The molecule has 74 valence electrons. The number of hydrogen-bond acceptors (Lipinski definition) is 3. The third kappa shape index (κ3) is 7.28. The standard InChI is InChI=1S/C10H16O3/c1-3-5-6-9(11)7-8-10(12)13-4-2/h3,7-9,11H,1,4-6H2,2H3/b8-7+/t9-/m1/s1. The van der Waals surface area contributed by atoms with Gasteiger partial charge in [0.2, 0.25) is 0 Å². The molecule has 0 aromatic carbocycles. The first-order valence-corrected chi connectivity index (χ1v) is 4.34. The fraction of sp³-hybridized carbons (Fsp3) is 0.500. The van der Waals surface area contributed by atoms with Crippen LogP contribution >= 0.6 is 0 Å². The van der Waals surface area contributed by atoms with Crippen LogP contribution in [0.3, 0.4) is 0 Å². The largest absolute Gasteiger partial charge is 0.463 e. The highest BCUT2D eigenvalue weighted by Crippen LogP contribution is 1.99. The highest BCUT2D eigenvalue weighted by Gasteiger charge is 1.99. The molecule has 0 saturated heterocycles. The maximum atomic E-state index is 10.8. The fourth-order valence-corrected chi connectivity index (χ4v) is 0.765. The van der Waals surface area contributed by atoms with Crippen LogP contribution in [0.15, 0.2) is 24.8 Å². The predicted octanol–water partition coefficient (Wildman–Crippen LogP) is 1.43. The summed E-state index contributed by atoms with van der Waals surface area (Å²) in [4.78, 5) is 10.8. The summed E-state index contributed by atoms with van der Waals surface area (Å²) < 4.78 is 4.64. The molecular weight excluding hydrogens is 168 g/mol. The summed E-state index contributed by atoms with van der Waals surface area (Å²) in [5.74, 6) is -0.417. The van der Waals surface area contributed by atoms with E-state index in [0.29, 0.717) is 13.0 Å². The zero-order valence-electron chi connectivity index (χ0n) is 7.90. The molecule has 0 saturated carbocycles. The maximum absolute atomic E-state index is 10.8. The molecule has 0 heterocycles. The van der Waals surface area contributed by atoms with E-state index < -0.39 is 12.1 Å². The molecule has 1 atom stereocenters. The van der Waals surface area contributed by atoms with Gasteiger partial charge in [-0.15, -0.1) is 6.58 Å². The quantitative estimate of drug-likeness (QED) is 0.386. The fourth-order valence-electron chi connectivity index (χ4n) is 0.765. The molecule has 1 N–H and O–H groups in total. The molecule has 0 bridgehead atoms. The van der Waals surface area contributed by atoms with E-state index in [4.69, 9.17) is 0 Å². The van der Waals surface area contributed by atoms with Gasteiger partial charge in [-0.25, -0.2) is 4.79 Å². The molecule has 0 aromatic rings. The van der Waals surface area contributed by atoms with E-state index >= 15 is 0 Å². The van der Waals surface area contributed by atoms with Gasteiger partial charge in [-0.2, -0.15) is 0 Å². The van der Waals surface area contributed by atoms with Gasteiger partial charge in [-0.05, 0) is 25.8 Å². The van der Waals surface area contributed by atoms with Gasteiger partial charge in [-0.3, -0.25) is 0 Å². The summed E-state index contributed by atoms with van der Waals surface area (Å²) in [6.07, 6.45) is 5.12. The number of aliphatic hydroxyl groups excluding tert-OH is 1. The lowest BCUT2D eigenvalue weighted by atomic mass is 10.2. The summed E-state index contributed by atoms with van der Waals surface area (Å²) >= 11 is 0. The average Bonchev–Trinajstić information content (AvgIpc) is 2.12. The first-order chi connectivity index (χ1) is 6.20. The minimum atomic E-state index is -0.595. The maximum Gasteiger partial charge on any atom is 0.330 e. The predicted molar refractivity (Wildman–Crippen MR) is 51.2 cm³/mol. The molecule has 0 aliphatic carbocycles. The third-order valence-corrected chi connectivity index (χ3v) is 1.41. The van der Waals surface area contributed by atoms with Crippen LogP contribution in [0.25, 0.3) is 0 Å². The molecule has 0 unspecified atom stereocenters. The number of ether oxygens (including phenoxy) is 1. The highest BCUT2D eigenvalue weighted by molar-refractivity contribution is 5.81. The van der Waals surface area contributed by atoms with Crippen molar-refractivity contribution < 1.29 is 14.6 Å². The smallest absolute Gasteiger partial charge is 0.330 e. The normalized spacial score (nSPS) is 12.8. The van der Waals surface area contributed by atoms with E-state index in [1.807, 2.05) is 0 Å². The Morgan fingerprint density at radius 3 is 2.92 bits per heavy atom. The summed E-state index contributed by atoms with van der Waals surface area (Å²) in [6.45, 7) is 5.62. The van der Waals surface area contributed by atoms with Crippen molar-refractivity contribution in [3.8, 4) is 0 Å². The topological polar surface area (TPSA) is 46.5 Å². The zero-order valence-corrected chi connectivity index (χ0v) is 7.90. The Kier molecular flexibility index (Phi) is 6.92. The molecule has 0 amide bonds. The van der Waals surface area contributed by atoms with Gasteiger partial charge in [0, 0.05) is 6.08 Å². The van der Waals surface area contributed by atoms with Crippen LogP contribution in [-0.4, -0.2) is 23.8 Å². The Morgan fingerprint density at radius 2 is 2.38 bits per heavy atom. The Bertz CT molecular complexity index is 185. The number of esters is 1.